The van der Waals surface area contributed by atoms with Crippen LogP contribution in [-0.2, 0) is 6.54 Å². The lowest BCUT2D eigenvalue weighted by atomic mass is 10.0. The molecule has 0 unspecified atom stereocenters. The number of nitrogens with one attached hydrogen (secondary N) is 1. The fraction of sp³-hybridized carbons (Fsp3) is 0.435. The summed E-state index contributed by atoms with van der Waals surface area (Å²) in [6, 6.07) is 10.2. The molecule has 28 heavy (non-hydrogen) atoms. The molecule has 3 aromatic rings. The maximum Gasteiger partial charge on any atom is 0.336 e. The van der Waals surface area contributed by atoms with E-state index in [0.717, 1.165) is 35.4 Å². The third-order valence-corrected chi connectivity index (χ3v) is 6.09. The number of rotatable bonds is 6. The summed E-state index contributed by atoms with van der Waals surface area (Å²) >= 11 is 0. The van der Waals surface area contributed by atoms with E-state index in [1.165, 1.54) is 37.9 Å². The topological polar surface area (TPSA) is 64.4 Å². The maximum atomic E-state index is 12.0. The highest BCUT2D eigenvalue weighted by molar-refractivity contribution is 5.81. The molecule has 0 bridgehead atoms. The van der Waals surface area contributed by atoms with Crippen molar-refractivity contribution >= 4 is 11.0 Å². The van der Waals surface area contributed by atoms with Crippen molar-refractivity contribution in [1.29, 1.82) is 0 Å². The van der Waals surface area contributed by atoms with Crippen LogP contribution in [0.1, 0.15) is 47.8 Å². The molecule has 0 radical (unpaired) electrons. The molecule has 1 aliphatic rings. The Morgan fingerprint density at radius 1 is 1.11 bits per heavy atom. The monoisotopic (exact) mass is 382 g/mol. The Balaban J connectivity index is 1.53. The van der Waals surface area contributed by atoms with Crippen LogP contribution in [0, 0.1) is 13.8 Å². The molecule has 3 heterocycles. The molecule has 5 nitrogen and oxygen atoms in total. The molecule has 0 spiro atoms. The molecule has 1 fully saturated rings. The number of fused-ring (bicyclic) bond motifs is 1. The van der Waals surface area contributed by atoms with E-state index in [2.05, 4.69) is 24.4 Å². The lowest BCUT2D eigenvalue weighted by molar-refractivity contribution is -0.951. The summed E-state index contributed by atoms with van der Waals surface area (Å²) in [7, 11) is 0. The van der Waals surface area contributed by atoms with Gasteiger partial charge in [-0.1, -0.05) is 0 Å². The van der Waals surface area contributed by atoms with E-state index in [0.29, 0.717) is 11.6 Å². The van der Waals surface area contributed by atoms with Crippen molar-refractivity contribution < 1.29 is 19.1 Å². The van der Waals surface area contributed by atoms with Gasteiger partial charge >= 0.3 is 5.63 Å². The van der Waals surface area contributed by atoms with Gasteiger partial charge in [0.15, 0.2) is 11.8 Å². The summed E-state index contributed by atoms with van der Waals surface area (Å²) in [6.07, 6.45) is 5.68. The Labute approximate surface area is 165 Å². The molecule has 1 saturated heterocycles. The molecule has 1 aliphatic heterocycles. The van der Waals surface area contributed by atoms with E-state index in [9.17, 15) is 4.79 Å². The SMILES string of the molecule is Cc1cc2oc(=O)cc(C[NH2+]C[C@H](c3ccco3)[NH+]3CCCCC3)c2cc1C. The summed E-state index contributed by atoms with van der Waals surface area (Å²) in [5.41, 5.74) is 3.81. The van der Waals surface area contributed by atoms with E-state index in [-0.39, 0.29) is 5.63 Å². The summed E-state index contributed by atoms with van der Waals surface area (Å²) in [6.45, 7) is 8.25. The molecule has 1 aromatic carbocycles. The summed E-state index contributed by atoms with van der Waals surface area (Å²) in [4.78, 5) is 13.6. The standard InChI is InChI=1S/C23H28N2O3/c1-16-11-19-18(13-23(26)28-22(19)12-17(16)2)14-24-15-20(21-7-6-10-27-21)25-8-4-3-5-9-25/h6-7,10-13,20,24H,3-5,8-9,14-15H2,1-2H3/p+2/t20-/m1/s1. The Morgan fingerprint density at radius 3 is 2.64 bits per heavy atom. The first kappa shape index (κ1) is 19.0. The Morgan fingerprint density at radius 2 is 1.89 bits per heavy atom. The molecule has 0 aliphatic carbocycles. The van der Waals surface area contributed by atoms with Crippen LogP contribution >= 0.6 is 0 Å². The van der Waals surface area contributed by atoms with E-state index in [4.69, 9.17) is 8.83 Å². The van der Waals surface area contributed by atoms with Crippen LogP contribution in [0.2, 0.25) is 0 Å². The van der Waals surface area contributed by atoms with Crippen molar-refractivity contribution in [1.82, 2.24) is 0 Å². The van der Waals surface area contributed by atoms with Gasteiger partial charge in [0.25, 0.3) is 0 Å². The van der Waals surface area contributed by atoms with Crippen LogP contribution in [0.4, 0.5) is 0 Å². The van der Waals surface area contributed by atoms with Crippen LogP contribution in [0.5, 0.6) is 0 Å². The van der Waals surface area contributed by atoms with E-state index >= 15 is 0 Å². The highest BCUT2D eigenvalue weighted by Gasteiger charge is 2.29. The molecule has 0 saturated carbocycles. The highest BCUT2D eigenvalue weighted by Crippen LogP contribution is 2.21. The molecule has 3 N–H and O–H groups in total. The highest BCUT2D eigenvalue weighted by atomic mass is 16.4. The first-order chi connectivity index (χ1) is 13.6. The summed E-state index contributed by atoms with van der Waals surface area (Å²) < 4.78 is 11.2. The summed E-state index contributed by atoms with van der Waals surface area (Å²) in [5, 5.41) is 3.34. The number of hydrogen-bond donors (Lipinski definition) is 2. The average molecular weight is 383 g/mol. The quantitative estimate of drug-likeness (QED) is 0.640. The van der Waals surface area contributed by atoms with Crippen LogP contribution in [0.15, 0.2) is 50.2 Å². The minimum Gasteiger partial charge on any atom is -0.463 e. The lowest BCUT2D eigenvalue weighted by Crippen LogP contribution is -3.15. The second kappa shape index (κ2) is 8.33. The number of nitrogens with two attached hydrogens (primary N) is 1. The minimum absolute atomic E-state index is 0.275. The van der Waals surface area contributed by atoms with Crippen molar-refractivity contribution in [2.45, 2.75) is 45.7 Å². The molecule has 4 rings (SSSR count). The Hall–Kier alpha value is -2.37. The van der Waals surface area contributed by atoms with Crippen molar-refractivity contribution in [3.63, 3.8) is 0 Å². The first-order valence-electron chi connectivity index (χ1n) is 10.4. The van der Waals surface area contributed by atoms with Crippen molar-refractivity contribution in [3.8, 4) is 0 Å². The second-order valence-electron chi connectivity index (χ2n) is 8.04. The average Bonchev–Trinajstić information content (AvgIpc) is 3.21. The maximum absolute atomic E-state index is 12.0. The molecular formula is C23H30N2O3+2. The zero-order valence-electron chi connectivity index (χ0n) is 16.8. The Bertz CT molecular complexity index is 985. The number of likely N-dealkylation sites (tertiary alicyclic amines) is 1. The van der Waals surface area contributed by atoms with Crippen molar-refractivity contribution in [2.75, 3.05) is 19.6 Å². The number of furan rings is 1. The number of benzene rings is 1. The molecule has 2 aromatic heterocycles. The third kappa shape index (κ3) is 4.05. The van der Waals surface area contributed by atoms with Crippen LogP contribution < -0.4 is 15.8 Å². The van der Waals surface area contributed by atoms with Crippen LogP contribution in [0.3, 0.4) is 0 Å². The Kier molecular flexibility index (Phi) is 5.64. The van der Waals surface area contributed by atoms with Crippen molar-refractivity contribution in [3.05, 3.63) is 69.5 Å². The summed E-state index contributed by atoms with van der Waals surface area (Å²) in [5.74, 6) is 1.07. The van der Waals surface area contributed by atoms with Gasteiger partial charge in [-0.2, -0.15) is 0 Å². The zero-order chi connectivity index (χ0) is 19.5. The van der Waals surface area contributed by atoms with Gasteiger partial charge in [-0.3, -0.25) is 0 Å². The normalized spacial score (nSPS) is 16.5. The van der Waals surface area contributed by atoms with Gasteiger partial charge in [-0.15, -0.1) is 0 Å². The third-order valence-electron chi connectivity index (χ3n) is 6.09. The molecule has 148 valence electrons. The largest absolute Gasteiger partial charge is 0.463 e. The van der Waals surface area contributed by atoms with Gasteiger partial charge in [-0.05, 0) is 68.5 Å². The fourth-order valence-corrected chi connectivity index (χ4v) is 4.39. The number of piperidine rings is 1. The predicted octanol–water partition coefficient (Wildman–Crippen LogP) is 1.88. The minimum atomic E-state index is -0.275. The molecule has 1 atom stereocenters. The van der Waals surface area contributed by atoms with E-state index in [1.54, 1.807) is 17.2 Å². The predicted molar refractivity (Wildman–Crippen MR) is 108 cm³/mol. The van der Waals surface area contributed by atoms with Gasteiger partial charge < -0.3 is 19.1 Å². The number of aryl methyl sites for hydroxylation is 2. The molecule has 0 amide bonds. The number of quaternary nitrogens is 2. The molecular weight excluding hydrogens is 352 g/mol. The first-order valence-corrected chi connectivity index (χ1v) is 10.4. The van der Waals surface area contributed by atoms with E-state index in [1.807, 2.05) is 19.1 Å². The van der Waals surface area contributed by atoms with Gasteiger partial charge in [0.05, 0.1) is 19.4 Å². The van der Waals surface area contributed by atoms with Crippen LogP contribution in [0.25, 0.3) is 11.0 Å². The smallest absolute Gasteiger partial charge is 0.336 e. The second-order valence-corrected chi connectivity index (χ2v) is 8.04. The van der Waals surface area contributed by atoms with Gasteiger partial charge in [0.2, 0.25) is 0 Å². The molecule has 5 heteroatoms. The van der Waals surface area contributed by atoms with Crippen LogP contribution in [-0.4, -0.2) is 19.6 Å². The zero-order valence-corrected chi connectivity index (χ0v) is 16.8. The van der Waals surface area contributed by atoms with E-state index < -0.39 is 0 Å². The number of hydrogen-bond acceptors (Lipinski definition) is 3. The van der Waals surface area contributed by atoms with Crippen molar-refractivity contribution in [2.24, 2.45) is 0 Å². The van der Waals surface area contributed by atoms with Gasteiger partial charge in [0.1, 0.15) is 18.7 Å². The lowest BCUT2D eigenvalue weighted by Gasteiger charge is -2.29. The van der Waals surface area contributed by atoms with Gasteiger partial charge in [0, 0.05) is 17.0 Å². The van der Waals surface area contributed by atoms with Gasteiger partial charge in [-0.25, -0.2) is 4.79 Å². The fourth-order valence-electron chi connectivity index (χ4n) is 4.39.